The summed E-state index contributed by atoms with van der Waals surface area (Å²) >= 11 is 0. The molecule has 0 aromatic carbocycles. The Balaban J connectivity index is 2.90. The monoisotopic (exact) mass is 155 g/mol. The van der Waals surface area contributed by atoms with Gasteiger partial charge in [0.1, 0.15) is 0 Å². The number of nitrogens with zero attached hydrogens (tertiary/aromatic N) is 1. The molecule has 0 unspecified atom stereocenters. The molecule has 11 heavy (non-hydrogen) atoms. The van der Waals surface area contributed by atoms with Gasteiger partial charge in [0.05, 0.1) is 0 Å². The standard InChI is InChI=1S/C8H17N3/c1-10-7-8-11-6-4-2-3-5-9/h7-8,11H,1-6,9H2/b8-7-. The van der Waals surface area contributed by atoms with Crippen LogP contribution >= 0.6 is 0 Å². The van der Waals surface area contributed by atoms with Gasteiger partial charge in [0.15, 0.2) is 0 Å². The quantitative estimate of drug-likeness (QED) is 0.423. The lowest BCUT2D eigenvalue weighted by molar-refractivity contribution is 0.661. The molecule has 3 N–H and O–H groups in total. The van der Waals surface area contributed by atoms with E-state index in [0.29, 0.717) is 0 Å². The predicted octanol–water partition coefficient (Wildman–Crippen LogP) is 0.877. The predicted molar refractivity (Wildman–Crippen MR) is 49.6 cm³/mol. The van der Waals surface area contributed by atoms with Gasteiger partial charge >= 0.3 is 0 Å². The fraction of sp³-hybridized carbons (Fsp3) is 0.625. The molecule has 0 aliphatic rings. The molecule has 3 nitrogen and oxygen atoms in total. The number of rotatable bonds is 7. The zero-order valence-electron chi connectivity index (χ0n) is 6.92. The van der Waals surface area contributed by atoms with Crippen LogP contribution < -0.4 is 11.1 Å². The van der Waals surface area contributed by atoms with E-state index in [9.17, 15) is 0 Å². The molecule has 0 atom stereocenters. The highest BCUT2D eigenvalue weighted by Gasteiger charge is 1.83. The van der Waals surface area contributed by atoms with E-state index < -0.39 is 0 Å². The van der Waals surface area contributed by atoms with Crippen LogP contribution in [0.15, 0.2) is 17.4 Å². The fourth-order valence-electron chi connectivity index (χ4n) is 0.737. The molecule has 0 heterocycles. The molecule has 3 heteroatoms. The van der Waals surface area contributed by atoms with E-state index in [-0.39, 0.29) is 0 Å². The van der Waals surface area contributed by atoms with Gasteiger partial charge < -0.3 is 11.1 Å². The van der Waals surface area contributed by atoms with Crippen LogP contribution in [-0.2, 0) is 0 Å². The first kappa shape index (κ1) is 10.2. The smallest absolute Gasteiger partial charge is 0.0417 e. The molecule has 0 bridgehead atoms. The van der Waals surface area contributed by atoms with Gasteiger partial charge in [-0.05, 0) is 26.1 Å². The third-order valence-electron chi connectivity index (χ3n) is 1.32. The van der Waals surface area contributed by atoms with E-state index in [1.54, 1.807) is 12.4 Å². The molecule has 0 aromatic rings. The number of unbranched alkanes of at least 4 members (excludes halogenated alkanes) is 2. The number of hydrogen-bond donors (Lipinski definition) is 2. The zero-order valence-corrected chi connectivity index (χ0v) is 6.92. The highest BCUT2D eigenvalue weighted by atomic mass is 14.8. The highest BCUT2D eigenvalue weighted by Crippen LogP contribution is 1.90. The average molecular weight is 155 g/mol. The summed E-state index contributed by atoms with van der Waals surface area (Å²) in [6.07, 6.45) is 6.92. The molecule has 0 aliphatic heterocycles. The maximum absolute atomic E-state index is 5.33. The first-order valence-corrected chi connectivity index (χ1v) is 3.96. The number of nitrogens with two attached hydrogens (primary N) is 1. The van der Waals surface area contributed by atoms with Crippen LogP contribution in [-0.4, -0.2) is 19.8 Å². The van der Waals surface area contributed by atoms with Crippen molar-refractivity contribution in [2.45, 2.75) is 19.3 Å². The van der Waals surface area contributed by atoms with E-state index in [0.717, 1.165) is 19.5 Å². The number of nitrogens with one attached hydrogen (secondary N) is 1. The molecule has 0 saturated heterocycles. The van der Waals surface area contributed by atoms with Gasteiger partial charge in [-0.25, -0.2) is 0 Å². The van der Waals surface area contributed by atoms with Crippen molar-refractivity contribution in [3.8, 4) is 0 Å². The summed E-state index contributed by atoms with van der Waals surface area (Å²) < 4.78 is 0. The van der Waals surface area contributed by atoms with Crippen LogP contribution in [0.25, 0.3) is 0 Å². The molecule has 0 fully saturated rings. The van der Waals surface area contributed by atoms with Gasteiger partial charge in [0, 0.05) is 18.9 Å². The molecule has 0 amide bonds. The van der Waals surface area contributed by atoms with Crippen LogP contribution in [0.1, 0.15) is 19.3 Å². The maximum atomic E-state index is 5.33. The van der Waals surface area contributed by atoms with Gasteiger partial charge in [-0.2, -0.15) is 0 Å². The molecule has 0 aliphatic carbocycles. The Morgan fingerprint density at radius 2 is 2.18 bits per heavy atom. The Morgan fingerprint density at radius 3 is 2.82 bits per heavy atom. The minimum absolute atomic E-state index is 0.796. The van der Waals surface area contributed by atoms with Crippen molar-refractivity contribution in [3.05, 3.63) is 12.4 Å². The van der Waals surface area contributed by atoms with Crippen LogP contribution in [0, 0.1) is 0 Å². The largest absolute Gasteiger partial charge is 0.390 e. The summed E-state index contributed by atoms with van der Waals surface area (Å²) in [5.74, 6) is 0. The first-order chi connectivity index (χ1) is 5.41. The normalized spacial score (nSPS) is 10.3. The lowest BCUT2D eigenvalue weighted by atomic mass is 10.2. The Labute approximate surface area is 68.4 Å². The van der Waals surface area contributed by atoms with E-state index in [4.69, 9.17) is 5.73 Å². The van der Waals surface area contributed by atoms with Gasteiger partial charge in [-0.3, -0.25) is 4.99 Å². The molecular formula is C8H17N3. The van der Waals surface area contributed by atoms with Gasteiger partial charge in [0.25, 0.3) is 0 Å². The van der Waals surface area contributed by atoms with Gasteiger partial charge in [0.2, 0.25) is 0 Å². The first-order valence-electron chi connectivity index (χ1n) is 3.96. The summed E-state index contributed by atoms with van der Waals surface area (Å²) in [5, 5.41) is 3.09. The molecule has 64 valence electrons. The second-order valence-corrected chi connectivity index (χ2v) is 2.30. The van der Waals surface area contributed by atoms with Crippen LogP contribution in [0.5, 0.6) is 0 Å². The molecule has 0 aromatic heterocycles. The molecule has 0 saturated carbocycles. The highest BCUT2D eigenvalue weighted by molar-refractivity contribution is 5.25. The Bertz CT molecular complexity index is 110. The van der Waals surface area contributed by atoms with Crippen LogP contribution in [0.4, 0.5) is 0 Å². The summed E-state index contributed by atoms with van der Waals surface area (Å²) in [6.45, 7) is 5.10. The topological polar surface area (TPSA) is 50.4 Å². The van der Waals surface area contributed by atoms with E-state index in [1.807, 2.05) is 0 Å². The molecule has 0 rings (SSSR count). The Hall–Kier alpha value is -0.830. The van der Waals surface area contributed by atoms with E-state index in [1.165, 1.54) is 12.8 Å². The summed E-state index contributed by atoms with van der Waals surface area (Å²) in [7, 11) is 0. The van der Waals surface area contributed by atoms with Crippen molar-refractivity contribution in [2.75, 3.05) is 13.1 Å². The maximum Gasteiger partial charge on any atom is 0.0417 e. The van der Waals surface area contributed by atoms with Crippen LogP contribution in [0.3, 0.4) is 0 Å². The van der Waals surface area contributed by atoms with E-state index in [2.05, 4.69) is 17.0 Å². The number of hydrogen-bond acceptors (Lipinski definition) is 3. The number of aliphatic imine (C=N–C) groups is 1. The van der Waals surface area contributed by atoms with Crippen LogP contribution in [0.2, 0.25) is 0 Å². The van der Waals surface area contributed by atoms with Crippen molar-refractivity contribution < 1.29 is 0 Å². The van der Waals surface area contributed by atoms with Gasteiger partial charge in [-0.1, -0.05) is 6.42 Å². The lowest BCUT2D eigenvalue weighted by Crippen LogP contribution is -2.07. The Morgan fingerprint density at radius 1 is 1.36 bits per heavy atom. The second kappa shape index (κ2) is 9.17. The summed E-state index contributed by atoms with van der Waals surface area (Å²) in [4.78, 5) is 3.56. The molecule has 0 radical (unpaired) electrons. The third kappa shape index (κ3) is 9.17. The molecule has 0 spiro atoms. The average Bonchev–Trinajstić information content (AvgIpc) is 2.03. The zero-order chi connectivity index (χ0) is 8.36. The third-order valence-corrected chi connectivity index (χ3v) is 1.32. The van der Waals surface area contributed by atoms with Gasteiger partial charge in [-0.15, -0.1) is 0 Å². The SMILES string of the molecule is C=N/C=C\NCCCCCN. The van der Waals surface area contributed by atoms with Crippen molar-refractivity contribution in [1.29, 1.82) is 0 Å². The summed E-state index contributed by atoms with van der Waals surface area (Å²) in [6, 6.07) is 0. The van der Waals surface area contributed by atoms with Crippen molar-refractivity contribution >= 4 is 6.72 Å². The minimum Gasteiger partial charge on any atom is -0.390 e. The summed E-state index contributed by atoms with van der Waals surface area (Å²) in [5.41, 5.74) is 5.33. The van der Waals surface area contributed by atoms with Crippen molar-refractivity contribution in [3.63, 3.8) is 0 Å². The lowest BCUT2D eigenvalue weighted by Gasteiger charge is -1.98. The Kier molecular flexibility index (Phi) is 8.48. The van der Waals surface area contributed by atoms with E-state index >= 15 is 0 Å². The molecular weight excluding hydrogens is 138 g/mol. The van der Waals surface area contributed by atoms with Crippen molar-refractivity contribution in [2.24, 2.45) is 10.7 Å². The van der Waals surface area contributed by atoms with Crippen molar-refractivity contribution in [1.82, 2.24) is 5.32 Å². The minimum atomic E-state index is 0.796. The fourth-order valence-corrected chi connectivity index (χ4v) is 0.737. The second-order valence-electron chi connectivity index (χ2n) is 2.30.